The van der Waals surface area contributed by atoms with Gasteiger partial charge in [0.05, 0.1) is 4.47 Å². The van der Waals surface area contributed by atoms with E-state index in [4.69, 9.17) is 0 Å². The summed E-state index contributed by atoms with van der Waals surface area (Å²) in [5.74, 6) is -0.353. The third-order valence-electron chi connectivity index (χ3n) is 3.29. The lowest BCUT2D eigenvalue weighted by molar-refractivity contribution is 0.469. The van der Waals surface area contributed by atoms with Crippen molar-refractivity contribution in [3.05, 3.63) is 34.1 Å². The molecular formula is C12H15BrF2N2O2S. The second-order valence-electron chi connectivity index (χ2n) is 4.71. The summed E-state index contributed by atoms with van der Waals surface area (Å²) in [4.78, 5) is 0. The second-order valence-corrected chi connectivity index (χ2v) is 7.25. The highest BCUT2D eigenvalue weighted by Crippen LogP contribution is 2.22. The van der Waals surface area contributed by atoms with E-state index in [-0.39, 0.29) is 11.9 Å². The number of alkyl halides is 1. The van der Waals surface area contributed by atoms with Gasteiger partial charge in [0.15, 0.2) is 0 Å². The van der Waals surface area contributed by atoms with Crippen LogP contribution in [0.25, 0.3) is 0 Å². The lowest BCUT2D eigenvalue weighted by atomic mass is 10.0. The molecule has 0 spiro atoms. The van der Waals surface area contributed by atoms with Crippen LogP contribution in [0.3, 0.4) is 0 Å². The van der Waals surface area contributed by atoms with Crippen molar-refractivity contribution < 1.29 is 17.2 Å². The van der Waals surface area contributed by atoms with Gasteiger partial charge in [-0.05, 0) is 46.9 Å². The fourth-order valence-corrected chi connectivity index (χ4v) is 3.54. The summed E-state index contributed by atoms with van der Waals surface area (Å²) in [6, 6.07) is 2.86. The molecule has 1 fully saturated rings. The number of halogens is 3. The van der Waals surface area contributed by atoms with Crippen molar-refractivity contribution in [2.24, 2.45) is 0 Å². The first-order chi connectivity index (χ1) is 9.43. The minimum atomic E-state index is -3.91. The summed E-state index contributed by atoms with van der Waals surface area (Å²) in [7, 11) is -3.91. The zero-order chi connectivity index (χ0) is 14.8. The fourth-order valence-electron chi connectivity index (χ4n) is 2.33. The Bertz CT molecular complexity index is 583. The molecule has 1 aromatic rings. The van der Waals surface area contributed by atoms with Crippen LogP contribution in [0.5, 0.6) is 0 Å². The van der Waals surface area contributed by atoms with Crippen molar-refractivity contribution in [1.82, 2.24) is 10.0 Å². The Labute approximate surface area is 125 Å². The van der Waals surface area contributed by atoms with E-state index in [1.54, 1.807) is 18.2 Å². The van der Waals surface area contributed by atoms with Crippen molar-refractivity contribution in [2.75, 3.05) is 12.6 Å². The molecule has 112 valence electrons. The predicted octanol–water partition coefficient (Wildman–Crippen LogP) is 1.71. The van der Waals surface area contributed by atoms with Crippen LogP contribution in [0.1, 0.15) is 12.0 Å². The highest BCUT2D eigenvalue weighted by atomic mass is 79.9. The molecule has 0 aromatic heterocycles. The van der Waals surface area contributed by atoms with E-state index in [2.05, 4.69) is 26.0 Å². The van der Waals surface area contributed by atoms with E-state index in [9.17, 15) is 17.2 Å². The first-order valence-electron chi connectivity index (χ1n) is 6.15. The van der Waals surface area contributed by atoms with Crippen LogP contribution in [0.4, 0.5) is 8.78 Å². The minimum Gasteiger partial charge on any atom is -0.312 e. The Hall–Kier alpha value is -0.570. The molecule has 1 aliphatic rings. The zero-order valence-corrected chi connectivity index (χ0v) is 13.0. The summed E-state index contributed by atoms with van der Waals surface area (Å²) in [6.45, 7) is 0.611. The maximum atomic E-state index is 13.9. The molecule has 2 atom stereocenters. The van der Waals surface area contributed by atoms with Crippen LogP contribution >= 0.6 is 15.9 Å². The molecule has 0 aliphatic carbocycles. The molecule has 1 aromatic carbocycles. The fraction of sp³-hybridized carbons (Fsp3) is 0.500. The molecule has 20 heavy (non-hydrogen) atoms. The number of benzene rings is 1. The highest BCUT2D eigenvalue weighted by Gasteiger charge is 2.31. The van der Waals surface area contributed by atoms with E-state index < -0.39 is 22.1 Å². The molecule has 0 saturated carbocycles. The van der Waals surface area contributed by atoms with Crippen molar-refractivity contribution in [3.63, 3.8) is 0 Å². The molecule has 0 radical (unpaired) electrons. The average molecular weight is 369 g/mol. The topological polar surface area (TPSA) is 58.2 Å². The van der Waals surface area contributed by atoms with Crippen LogP contribution in [0, 0.1) is 5.82 Å². The zero-order valence-electron chi connectivity index (χ0n) is 10.6. The molecule has 2 N–H and O–H groups in total. The lowest BCUT2D eigenvalue weighted by Gasteiger charge is -2.20. The number of rotatable bonds is 5. The van der Waals surface area contributed by atoms with Crippen LogP contribution in [-0.4, -0.2) is 33.1 Å². The Morgan fingerprint density at radius 3 is 2.90 bits per heavy atom. The first-order valence-corrected chi connectivity index (χ1v) is 8.59. The minimum absolute atomic E-state index is 0.250. The van der Waals surface area contributed by atoms with Gasteiger partial charge < -0.3 is 5.32 Å². The summed E-state index contributed by atoms with van der Waals surface area (Å²) in [6.07, 6.45) is 0.893. The Kier molecular flexibility index (Phi) is 5.11. The highest BCUT2D eigenvalue weighted by molar-refractivity contribution is 9.10. The van der Waals surface area contributed by atoms with Gasteiger partial charge >= 0.3 is 0 Å². The first kappa shape index (κ1) is 15.8. The van der Waals surface area contributed by atoms with Gasteiger partial charge in [0.25, 0.3) is 0 Å². The van der Waals surface area contributed by atoms with Crippen LogP contribution in [-0.2, 0) is 16.4 Å². The molecule has 0 amide bonds. The normalized spacial score (nSPS) is 23.1. The SMILES string of the molecule is O=S(=O)(CF)N[C@H]1CCN[C@H]1Cc1cccc(Br)c1F. The molecule has 2 rings (SSSR count). The van der Waals surface area contributed by atoms with Crippen molar-refractivity contribution >= 4 is 26.0 Å². The van der Waals surface area contributed by atoms with E-state index in [0.717, 1.165) is 0 Å². The van der Waals surface area contributed by atoms with Gasteiger partial charge in [-0.25, -0.2) is 21.9 Å². The van der Waals surface area contributed by atoms with Gasteiger partial charge in [-0.2, -0.15) is 0 Å². The molecule has 1 saturated heterocycles. The quantitative estimate of drug-likeness (QED) is 0.831. The smallest absolute Gasteiger partial charge is 0.241 e. The number of sulfonamides is 1. The van der Waals surface area contributed by atoms with Crippen molar-refractivity contribution in [1.29, 1.82) is 0 Å². The van der Waals surface area contributed by atoms with E-state index in [1.165, 1.54) is 0 Å². The summed E-state index contributed by atoms with van der Waals surface area (Å²) in [5, 5.41) is 3.12. The number of hydrogen-bond donors (Lipinski definition) is 2. The molecule has 0 unspecified atom stereocenters. The van der Waals surface area contributed by atoms with E-state index in [0.29, 0.717) is 29.4 Å². The Balaban J connectivity index is 2.10. The van der Waals surface area contributed by atoms with Gasteiger partial charge in [-0.3, -0.25) is 0 Å². The summed E-state index contributed by atoms with van der Waals surface area (Å²) in [5.41, 5.74) is 0.489. The van der Waals surface area contributed by atoms with Gasteiger partial charge in [-0.15, -0.1) is 0 Å². The van der Waals surface area contributed by atoms with Gasteiger partial charge in [0, 0.05) is 12.1 Å². The maximum absolute atomic E-state index is 13.9. The van der Waals surface area contributed by atoms with Gasteiger partial charge in [0.1, 0.15) is 5.82 Å². The summed E-state index contributed by atoms with van der Waals surface area (Å²) >= 11 is 3.11. The van der Waals surface area contributed by atoms with Gasteiger partial charge in [-0.1, -0.05) is 12.1 Å². The largest absolute Gasteiger partial charge is 0.312 e. The van der Waals surface area contributed by atoms with Crippen LogP contribution < -0.4 is 10.0 Å². The van der Waals surface area contributed by atoms with E-state index in [1.807, 2.05) is 0 Å². The summed E-state index contributed by atoms with van der Waals surface area (Å²) < 4.78 is 51.5. The third kappa shape index (κ3) is 3.75. The molecule has 1 aliphatic heterocycles. The lowest BCUT2D eigenvalue weighted by Crippen LogP contribution is -2.45. The Morgan fingerprint density at radius 2 is 2.20 bits per heavy atom. The average Bonchev–Trinajstić information content (AvgIpc) is 2.82. The van der Waals surface area contributed by atoms with Gasteiger partial charge in [0.2, 0.25) is 16.0 Å². The number of hydrogen-bond acceptors (Lipinski definition) is 3. The van der Waals surface area contributed by atoms with Crippen LogP contribution in [0.2, 0.25) is 0 Å². The number of nitrogens with one attached hydrogen (secondary N) is 2. The molecule has 0 bridgehead atoms. The Morgan fingerprint density at radius 1 is 1.45 bits per heavy atom. The van der Waals surface area contributed by atoms with Crippen LogP contribution in [0.15, 0.2) is 22.7 Å². The standard InChI is InChI=1S/C12H15BrF2N2O2S/c13-9-3-1-2-8(12(9)15)6-11-10(4-5-16-11)17-20(18,19)7-14/h1-3,10-11,16-17H,4-7H2/t10-,11-/m0/s1. The maximum Gasteiger partial charge on any atom is 0.241 e. The third-order valence-corrected chi connectivity index (χ3v) is 4.86. The molecule has 4 nitrogen and oxygen atoms in total. The predicted molar refractivity (Wildman–Crippen MR) is 76.0 cm³/mol. The molecule has 8 heteroatoms. The van der Waals surface area contributed by atoms with E-state index >= 15 is 0 Å². The molecular weight excluding hydrogens is 354 g/mol. The molecule has 1 heterocycles. The van der Waals surface area contributed by atoms with Crippen molar-refractivity contribution in [3.8, 4) is 0 Å². The monoisotopic (exact) mass is 368 g/mol. The second kappa shape index (κ2) is 6.46. The van der Waals surface area contributed by atoms with Crippen molar-refractivity contribution in [2.45, 2.75) is 24.9 Å².